The molecule has 1 aliphatic heterocycles. The number of aliphatic imine (C=N–C) groups is 1. The highest BCUT2D eigenvalue weighted by Gasteiger charge is 2.14. The Morgan fingerprint density at radius 3 is 2.20 bits per heavy atom. The van der Waals surface area contributed by atoms with E-state index in [4.69, 9.17) is 10.6 Å². The largest absolute Gasteiger partial charge is 0.374 e. The highest BCUT2D eigenvalue weighted by atomic mass is 16.5. The van der Waals surface area contributed by atoms with Crippen molar-refractivity contribution in [3.8, 4) is 0 Å². The average Bonchev–Trinajstić information content (AvgIpc) is 3.07. The summed E-state index contributed by atoms with van der Waals surface area (Å²) < 4.78 is 5.78. The maximum absolute atomic E-state index is 5.93. The third-order valence-electron chi connectivity index (χ3n) is 4.63. The van der Waals surface area contributed by atoms with E-state index >= 15 is 0 Å². The first-order valence-corrected chi connectivity index (χ1v) is 9.01. The van der Waals surface area contributed by atoms with Crippen LogP contribution < -0.4 is 5.84 Å². The molecular weight excluding hydrogens is 310 g/mol. The first-order chi connectivity index (χ1) is 12.2. The predicted octanol–water partition coefficient (Wildman–Crippen LogP) is 3.53. The van der Waals surface area contributed by atoms with Crippen LogP contribution in [0.2, 0.25) is 0 Å². The van der Waals surface area contributed by atoms with E-state index in [0.29, 0.717) is 12.7 Å². The Labute approximate surface area is 150 Å². The molecule has 0 aliphatic carbocycles. The molecule has 1 heterocycles. The highest BCUT2D eigenvalue weighted by Crippen LogP contribution is 2.15. The lowest BCUT2D eigenvalue weighted by Gasteiger charge is -2.13. The van der Waals surface area contributed by atoms with Gasteiger partial charge in [-0.3, -0.25) is 10.0 Å². The van der Waals surface area contributed by atoms with Gasteiger partial charge in [0.2, 0.25) is 0 Å². The maximum Gasteiger partial charge on any atom is 0.145 e. The number of nitrogens with two attached hydrogens (primary N) is 1. The molecule has 1 unspecified atom stereocenters. The van der Waals surface area contributed by atoms with Crippen molar-refractivity contribution in [2.24, 2.45) is 10.8 Å². The van der Waals surface area contributed by atoms with Crippen molar-refractivity contribution >= 4 is 5.84 Å². The molecule has 0 fully saturated rings. The predicted molar refractivity (Wildman–Crippen MR) is 103 cm³/mol. The fourth-order valence-electron chi connectivity index (χ4n) is 2.83. The van der Waals surface area contributed by atoms with E-state index in [2.05, 4.69) is 67.4 Å². The van der Waals surface area contributed by atoms with Gasteiger partial charge in [-0.25, -0.2) is 5.84 Å². The number of hydrazine groups is 1. The summed E-state index contributed by atoms with van der Waals surface area (Å²) in [6.07, 6.45) is 2.28. The Balaban J connectivity index is 1.59. The Hall–Kier alpha value is -2.17. The number of nitrogens with zero attached hydrogens (tertiary/aromatic N) is 2. The fraction of sp³-hybridized carbons (Fsp3) is 0.381. The molecule has 1 aliphatic rings. The van der Waals surface area contributed by atoms with Crippen LogP contribution >= 0.6 is 0 Å². The zero-order valence-electron chi connectivity index (χ0n) is 15.1. The van der Waals surface area contributed by atoms with Gasteiger partial charge >= 0.3 is 0 Å². The molecule has 0 aromatic heterocycles. The third kappa shape index (κ3) is 4.68. The van der Waals surface area contributed by atoms with Gasteiger partial charge < -0.3 is 4.74 Å². The molecule has 0 radical (unpaired) electrons. The monoisotopic (exact) mass is 337 g/mol. The van der Waals surface area contributed by atoms with Crippen molar-refractivity contribution in [2.75, 3.05) is 13.1 Å². The van der Waals surface area contributed by atoms with E-state index in [1.165, 1.54) is 16.7 Å². The van der Waals surface area contributed by atoms with Crippen LogP contribution in [0.4, 0.5) is 0 Å². The zero-order chi connectivity index (χ0) is 17.6. The van der Waals surface area contributed by atoms with Gasteiger partial charge in [-0.15, -0.1) is 0 Å². The minimum atomic E-state index is 0.312. The van der Waals surface area contributed by atoms with Gasteiger partial charge in [0.1, 0.15) is 5.84 Å². The fourth-order valence-corrected chi connectivity index (χ4v) is 2.83. The van der Waals surface area contributed by atoms with Crippen LogP contribution in [-0.4, -0.2) is 30.0 Å². The first-order valence-electron chi connectivity index (χ1n) is 9.01. The zero-order valence-corrected chi connectivity index (χ0v) is 15.1. The van der Waals surface area contributed by atoms with Gasteiger partial charge in [0.15, 0.2) is 0 Å². The van der Waals surface area contributed by atoms with E-state index in [9.17, 15) is 0 Å². The van der Waals surface area contributed by atoms with Crippen LogP contribution in [0.3, 0.4) is 0 Å². The van der Waals surface area contributed by atoms with Crippen molar-refractivity contribution in [1.82, 2.24) is 5.01 Å². The molecule has 25 heavy (non-hydrogen) atoms. The van der Waals surface area contributed by atoms with E-state index in [-0.39, 0.29) is 0 Å². The topological polar surface area (TPSA) is 50.8 Å². The molecular formula is C21H27N3O. The minimum Gasteiger partial charge on any atom is -0.374 e. The van der Waals surface area contributed by atoms with Gasteiger partial charge in [0, 0.05) is 5.56 Å². The maximum atomic E-state index is 5.93. The number of benzene rings is 2. The summed E-state index contributed by atoms with van der Waals surface area (Å²) in [4.78, 5) is 4.45. The standard InChI is InChI=1S/C21H27N3O/c1-3-16(2)25-15-19-6-4-17(5-7-19)14-18-8-10-20(11-9-18)21-23-12-13-24(21)22/h4-11,16H,3,12-15,22H2,1-2H3. The SMILES string of the molecule is CCC(C)OCc1ccc(Cc2ccc(C3=NCCN3N)cc2)cc1. The lowest BCUT2D eigenvalue weighted by Crippen LogP contribution is -2.34. The summed E-state index contributed by atoms with van der Waals surface area (Å²) in [6.45, 7) is 6.51. The number of hydrogen-bond donors (Lipinski definition) is 1. The second-order valence-corrected chi connectivity index (χ2v) is 6.62. The molecule has 1 atom stereocenters. The summed E-state index contributed by atoms with van der Waals surface area (Å²) in [5.74, 6) is 6.82. The van der Waals surface area contributed by atoms with E-state index < -0.39 is 0 Å². The number of hydrogen-bond acceptors (Lipinski definition) is 4. The van der Waals surface area contributed by atoms with Gasteiger partial charge in [-0.1, -0.05) is 55.5 Å². The Bertz CT molecular complexity index is 707. The molecule has 2 aromatic carbocycles. The Morgan fingerprint density at radius 1 is 1.04 bits per heavy atom. The van der Waals surface area contributed by atoms with Crippen LogP contribution in [-0.2, 0) is 17.8 Å². The molecule has 0 spiro atoms. The van der Waals surface area contributed by atoms with Crippen molar-refractivity contribution in [2.45, 2.75) is 39.4 Å². The molecule has 0 bridgehead atoms. The number of ether oxygens (including phenoxy) is 1. The Morgan fingerprint density at radius 2 is 1.64 bits per heavy atom. The number of amidine groups is 1. The molecule has 0 saturated heterocycles. The first kappa shape index (κ1) is 17.6. The lowest BCUT2D eigenvalue weighted by atomic mass is 10.0. The third-order valence-corrected chi connectivity index (χ3v) is 4.63. The van der Waals surface area contributed by atoms with Crippen LogP contribution in [0.15, 0.2) is 53.5 Å². The van der Waals surface area contributed by atoms with Crippen LogP contribution in [0.25, 0.3) is 0 Å². The van der Waals surface area contributed by atoms with E-state index in [1.54, 1.807) is 5.01 Å². The second-order valence-electron chi connectivity index (χ2n) is 6.62. The van der Waals surface area contributed by atoms with Gasteiger partial charge in [0.05, 0.1) is 25.8 Å². The summed E-state index contributed by atoms with van der Waals surface area (Å²) in [7, 11) is 0. The van der Waals surface area contributed by atoms with Crippen molar-refractivity contribution in [3.63, 3.8) is 0 Å². The quantitative estimate of drug-likeness (QED) is 0.786. The van der Waals surface area contributed by atoms with E-state index in [1.807, 2.05) is 0 Å². The van der Waals surface area contributed by atoms with Gasteiger partial charge in [-0.2, -0.15) is 0 Å². The molecule has 2 aromatic rings. The smallest absolute Gasteiger partial charge is 0.145 e. The summed E-state index contributed by atoms with van der Waals surface area (Å²) in [6, 6.07) is 17.2. The minimum absolute atomic E-state index is 0.312. The molecule has 0 saturated carbocycles. The van der Waals surface area contributed by atoms with Crippen LogP contribution in [0.1, 0.15) is 42.5 Å². The molecule has 132 valence electrons. The second kappa shape index (κ2) is 8.28. The summed E-state index contributed by atoms with van der Waals surface area (Å²) >= 11 is 0. The number of rotatable bonds is 7. The molecule has 4 nitrogen and oxygen atoms in total. The normalized spacial score (nSPS) is 15.3. The summed E-state index contributed by atoms with van der Waals surface area (Å²) in [5.41, 5.74) is 4.90. The van der Waals surface area contributed by atoms with Crippen molar-refractivity contribution in [3.05, 3.63) is 70.8 Å². The molecule has 0 amide bonds. The lowest BCUT2D eigenvalue weighted by molar-refractivity contribution is 0.0508. The summed E-state index contributed by atoms with van der Waals surface area (Å²) in [5, 5.41) is 1.72. The van der Waals surface area contributed by atoms with Crippen LogP contribution in [0, 0.1) is 0 Å². The van der Waals surface area contributed by atoms with Gasteiger partial charge in [-0.05, 0) is 36.5 Å². The Kier molecular flexibility index (Phi) is 5.84. The average molecular weight is 337 g/mol. The van der Waals surface area contributed by atoms with Crippen molar-refractivity contribution in [1.29, 1.82) is 0 Å². The van der Waals surface area contributed by atoms with Gasteiger partial charge in [0.25, 0.3) is 0 Å². The van der Waals surface area contributed by atoms with E-state index in [0.717, 1.165) is 37.3 Å². The molecule has 3 rings (SSSR count). The highest BCUT2D eigenvalue weighted by molar-refractivity contribution is 5.99. The molecule has 4 heteroatoms. The van der Waals surface area contributed by atoms with Crippen LogP contribution in [0.5, 0.6) is 0 Å². The molecule has 2 N–H and O–H groups in total. The van der Waals surface area contributed by atoms with Crippen molar-refractivity contribution < 1.29 is 4.74 Å².